The Hall–Kier alpha value is -16.5. The number of benzene rings is 12. The fourth-order valence-corrected chi connectivity index (χ4v) is 17.5. The molecule has 0 fully saturated rings. The zero-order chi connectivity index (χ0) is 81.2. The predicted molar refractivity (Wildman–Crippen MR) is 493 cm³/mol. The summed E-state index contributed by atoms with van der Waals surface area (Å²) in [6.07, 6.45) is 24.0. The predicted octanol–water partition coefficient (Wildman–Crippen LogP) is 26.0. The number of ether oxygens (including phenoxy) is 1. The zero-order valence-corrected chi connectivity index (χ0v) is 66.3. The van der Waals surface area contributed by atoms with Crippen molar-refractivity contribution >= 4 is 114 Å². The fraction of sp³-hybridized carbons (Fsp3) is 0.0280. The van der Waals surface area contributed by atoms with Gasteiger partial charge in [-0.1, -0.05) is 293 Å². The van der Waals surface area contributed by atoms with E-state index in [2.05, 4.69) is 273 Å². The van der Waals surface area contributed by atoms with Gasteiger partial charge in [0, 0.05) is 119 Å². The molecule has 15 heteroatoms. The maximum absolute atomic E-state index is 6.38. The smallest absolute Gasteiger partial charge is 0.238 e. The van der Waals surface area contributed by atoms with Crippen LogP contribution in [0.5, 0.6) is 11.5 Å². The second kappa shape index (κ2) is 30.2. The molecule has 20 aromatic rings. The lowest BCUT2D eigenvalue weighted by atomic mass is 9.81. The van der Waals surface area contributed by atoms with Gasteiger partial charge in [0.2, 0.25) is 5.95 Å². The van der Waals surface area contributed by atoms with Crippen LogP contribution in [-0.2, 0) is 5.41 Å². The van der Waals surface area contributed by atoms with Gasteiger partial charge in [-0.05, 0) is 95.6 Å². The van der Waals surface area contributed by atoms with Crippen LogP contribution in [0.15, 0.2) is 365 Å². The first-order valence-electron chi connectivity index (χ1n) is 40.7. The average molecular weight is 1570 g/mol. The molecule has 11 heterocycles. The SMILES string of the molecule is C1=Cc2c(ccc3c4ccncc4n(-c4nc(-c5ccccc5)nc(-c5ccccc5)n4)c23)Oc2cnccc21.C1=Cc2nc(-c3ccccc3)ncc2N(c2ccccc2)c2c1ccc1c2c2ccccc2n1-c1ccccc1.CC1(C)c2ccccc2-c2ncc3c(c21)N(c1cc(-c2ccccc2)nc(-c2ccccc2)n1)c1ccccc1C=C3. The molecule has 0 saturated heterocycles. The molecule has 0 saturated carbocycles. The van der Waals surface area contributed by atoms with Gasteiger partial charge in [-0.25, -0.2) is 24.9 Å². The maximum atomic E-state index is 6.38. The standard InChI is InChI=1S/C38H28N4.C36H24N4.C33H20N6O/c1-38(2)30-19-11-10-18-29(30)35-34(38)36-28(24-39-35)22-21-26-15-9-12-20-32(26)42(36)33-23-31(25-13-5-3-6-14-25)40-37(41-33)27-16-7-4-8-17-27;1-4-12-26(13-5-1)36-37-24-33-30(38-36)22-20-25-21-23-32-34(35(25)40(33)28-16-8-3-9-17-28)29-18-10-11-19-31(29)39(32)27-14-6-2-7-15-27;1-3-7-22(8-4-1)31-36-32(23-9-5-2-6-10-23)38-33(37-31)39-27-19-34-18-16-24(27)25-13-14-28-26(30(25)39)12-11-21-15-17-35-20-29(21)40-28/h3-24H,1-2H3;1-24H;1-20H. The normalized spacial score (nSPS) is 12.8. The Morgan fingerprint density at radius 3 is 1.65 bits per heavy atom. The van der Waals surface area contributed by atoms with E-state index in [-0.39, 0.29) is 5.41 Å². The zero-order valence-electron chi connectivity index (χ0n) is 66.3. The van der Waals surface area contributed by atoms with Crippen molar-refractivity contribution in [3.05, 3.63) is 409 Å². The van der Waals surface area contributed by atoms with E-state index in [0.29, 0.717) is 35.0 Å². The molecule has 4 aliphatic rings. The molecule has 576 valence electrons. The first-order chi connectivity index (χ1) is 60.3. The third kappa shape index (κ3) is 12.6. The van der Waals surface area contributed by atoms with E-state index in [0.717, 1.165) is 146 Å². The van der Waals surface area contributed by atoms with Crippen LogP contribution in [0.1, 0.15) is 58.5 Å². The summed E-state index contributed by atoms with van der Waals surface area (Å²) in [6, 6.07) is 112. The number of anilines is 6. The molecule has 8 aromatic heterocycles. The van der Waals surface area contributed by atoms with E-state index in [1.54, 1.807) is 12.4 Å². The van der Waals surface area contributed by atoms with Crippen molar-refractivity contribution in [3.63, 3.8) is 0 Å². The highest BCUT2D eigenvalue weighted by Gasteiger charge is 2.42. The second-order valence-corrected chi connectivity index (χ2v) is 30.7. The molecule has 0 bridgehead atoms. The number of hydrogen-bond acceptors (Lipinski definition) is 13. The highest BCUT2D eigenvalue weighted by molar-refractivity contribution is 6.19. The van der Waals surface area contributed by atoms with Gasteiger partial charge in [-0.3, -0.25) is 24.4 Å². The molecule has 24 rings (SSSR count). The lowest BCUT2D eigenvalue weighted by Gasteiger charge is -2.32. The summed E-state index contributed by atoms with van der Waals surface area (Å²) in [6.45, 7) is 4.62. The molecule has 0 spiro atoms. The molecule has 0 atom stereocenters. The van der Waals surface area contributed by atoms with Crippen LogP contribution >= 0.6 is 0 Å². The van der Waals surface area contributed by atoms with Crippen molar-refractivity contribution in [3.8, 4) is 91.2 Å². The minimum atomic E-state index is -0.257. The Kier molecular flexibility index (Phi) is 17.8. The first-order valence-corrected chi connectivity index (χ1v) is 40.7. The molecule has 1 aliphatic carbocycles. The van der Waals surface area contributed by atoms with E-state index < -0.39 is 0 Å². The second-order valence-electron chi connectivity index (χ2n) is 30.7. The maximum Gasteiger partial charge on any atom is 0.238 e. The summed E-state index contributed by atoms with van der Waals surface area (Å²) >= 11 is 0. The van der Waals surface area contributed by atoms with E-state index in [1.807, 2.05) is 158 Å². The largest absolute Gasteiger partial charge is 0.454 e. The average Bonchev–Trinajstić information content (AvgIpc) is 1.58. The molecule has 122 heavy (non-hydrogen) atoms. The molecule has 0 amide bonds. The van der Waals surface area contributed by atoms with E-state index in [4.69, 9.17) is 44.6 Å². The fourth-order valence-electron chi connectivity index (χ4n) is 17.5. The molecule has 12 aromatic carbocycles. The minimum absolute atomic E-state index is 0.257. The van der Waals surface area contributed by atoms with Gasteiger partial charge in [0.1, 0.15) is 11.6 Å². The Bertz CT molecular complexity index is 7450. The monoisotopic (exact) mass is 1570 g/mol. The Labute approximate surface area is 703 Å². The Morgan fingerprint density at radius 2 is 0.926 bits per heavy atom. The minimum Gasteiger partial charge on any atom is -0.454 e. The van der Waals surface area contributed by atoms with Crippen LogP contribution in [0, 0.1) is 0 Å². The number of hydrogen-bond donors (Lipinski definition) is 0. The Morgan fingerprint density at radius 1 is 0.336 bits per heavy atom. The van der Waals surface area contributed by atoms with Crippen molar-refractivity contribution in [2.75, 3.05) is 9.80 Å². The molecule has 15 nitrogen and oxygen atoms in total. The van der Waals surface area contributed by atoms with Gasteiger partial charge in [-0.15, -0.1) is 0 Å². The molecular weight excluding hydrogens is 1500 g/mol. The molecule has 0 radical (unpaired) electrons. The summed E-state index contributed by atoms with van der Waals surface area (Å²) in [5, 5.41) is 4.51. The number of nitrogens with zero attached hydrogens (tertiary/aromatic N) is 14. The summed E-state index contributed by atoms with van der Waals surface area (Å²) in [5.74, 6) is 5.36. The number of aromatic nitrogens is 12. The van der Waals surface area contributed by atoms with Crippen LogP contribution in [0.25, 0.3) is 160 Å². The lowest BCUT2D eigenvalue weighted by molar-refractivity contribution is 0.479. The summed E-state index contributed by atoms with van der Waals surface area (Å²) in [5.41, 5.74) is 26.9. The van der Waals surface area contributed by atoms with Crippen molar-refractivity contribution in [1.29, 1.82) is 0 Å². The van der Waals surface area contributed by atoms with Crippen molar-refractivity contribution in [2.45, 2.75) is 19.3 Å². The van der Waals surface area contributed by atoms with Crippen LogP contribution in [0.3, 0.4) is 0 Å². The summed E-state index contributed by atoms with van der Waals surface area (Å²) in [4.78, 5) is 53.6. The van der Waals surface area contributed by atoms with E-state index in [9.17, 15) is 0 Å². The van der Waals surface area contributed by atoms with Crippen LogP contribution < -0.4 is 14.5 Å². The quantitative estimate of drug-likeness (QED) is 0.135. The van der Waals surface area contributed by atoms with Gasteiger partial charge in [0.25, 0.3) is 0 Å². The molecule has 3 aliphatic heterocycles. The molecule has 0 unspecified atom stereocenters. The number of fused-ring (bicyclic) bond motifs is 18. The third-order valence-electron chi connectivity index (χ3n) is 23.1. The number of pyridine rings is 3. The molecule has 0 N–H and O–H groups in total. The van der Waals surface area contributed by atoms with Gasteiger partial charge in [0.15, 0.2) is 29.0 Å². The van der Waals surface area contributed by atoms with Gasteiger partial charge >= 0.3 is 0 Å². The third-order valence-corrected chi connectivity index (χ3v) is 23.1. The summed E-state index contributed by atoms with van der Waals surface area (Å²) in [7, 11) is 0. The topological polar surface area (TPSA) is 154 Å². The van der Waals surface area contributed by atoms with Crippen LogP contribution in [0.4, 0.5) is 34.3 Å². The highest BCUT2D eigenvalue weighted by atomic mass is 16.5. The van der Waals surface area contributed by atoms with Crippen molar-refractivity contribution in [1.82, 2.24) is 59.0 Å². The van der Waals surface area contributed by atoms with E-state index in [1.165, 1.54) is 33.0 Å². The van der Waals surface area contributed by atoms with E-state index >= 15 is 0 Å². The highest BCUT2D eigenvalue weighted by Crippen LogP contribution is 2.57. The van der Waals surface area contributed by atoms with Gasteiger partial charge in [0.05, 0.1) is 80.5 Å². The van der Waals surface area contributed by atoms with Gasteiger partial charge < -0.3 is 14.2 Å². The number of para-hydroxylation sites is 4. The van der Waals surface area contributed by atoms with Crippen molar-refractivity contribution < 1.29 is 4.74 Å². The lowest BCUT2D eigenvalue weighted by Crippen LogP contribution is -2.22. The summed E-state index contributed by atoms with van der Waals surface area (Å²) < 4.78 is 10.8. The molecular formula is C107H72N14O. The van der Waals surface area contributed by atoms with Crippen LogP contribution in [0.2, 0.25) is 0 Å². The van der Waals surface area contributed by atoms with Crippen molar-refractivity contribution in [2.24, 2.45) is 0 Å². The first kappa shape index (κ1) is 72.0. The Balaban J connectivity index is 0.000000109. The van der Waals surface area contributed by atoms with Crippen LogP contribution in [-0.4, -0.2) is 59.0 Å². The number of rotatable bonds is 9. The van der Waals surface area contributed by atoms with Gasteiger partial charge in [-0.2, -0.15) is 9.97 Å².